The van der Waals surface area contributed by atoms with Gasteiger partial charge >= 0.3 is 0 Å². The van der Waals surface area contributed by atoms with E-state index in [0.717, 1.165) is 15.6 Å². The Morgan fingerprint density at radius 1 is 1.33 bits per heavy atom. The Kier molecular flexibility index (Phi) is 3.26. The van der Waals surface area contributed by atoms with Crippen LogP contribution in [0.1, 0.15) is 5.56 Å². The maximum Gasteiger partial charge on any atom is 0.273 e. The number of sulfonamides is 1. The first-order valence-corrected chi connectivity index (χ1v) is 7.33. The van der Waals surface area contributed by atoms with Crippen LogP contribution < -0.4 is 5.14 Å². The minimum absolute atomic E-state index is 0.250. The van der Waals surface area contributed by atoms with Gasteiger partial charge in [0.1, 0.15) is 0 Å². The van der Waals surface area contributed by atoms with Crippen molar-refractivity contribution in [1.82, 2.24) is 14.8 Å². The van der Waals surface area contributed by atoms with E-state index in [2.05, 4.69) is 26.1 Å². The van der Waals surface area contributed by atoms with E-state index < -0.39 is 10.0 Å². The molecule has 0 fully saturated rings. The lowest BCUT2D eigenvalue weighted by atomic mass is 10.1. The minimum Gasteiger partial charge on any atom is -0.300 e. The van der Waals surface area contributed by atoms with E-state index in [1.807, 2.05) is 25.1 Å². The molecule has 0 aliphatic heterocycles. The third-order valence-electron chi connectivity index (χ3n) is 2.52. The van der Waals surface area contributed by atoms with E-state index in [0.29, 0.717) is 5.82 Å². The van der Waals surface area contributed by atoms with Gasteiger partial charge in [0.25, 0.3) is 15.2 Å². The van der Waals surface area contributed by atoms with Crippen LogP contribution in [0.4, 0.5) is 0 Å². The molecular formula is C10H11BrN4O2S. The molecule has 1 aromatic carbocycles. The molecule has 0 aliphatic rings. The fourth-order valence-corrected chi connectivity index (χ4v) is 2.77. The summed E-state index contributed by atoms with van der Waals surface area (Å²) in [5, 5.41) is 12.3. The Balaban J connectivity index is 2.63. The highest BCUT2D eigenvalue weighted by Crippen LogP contribution is 2.25. The number of benzene rings is 1. The topological polar surface area (TPSA) is 90.9 Å². The van der Waals surface area contributed by atoms with Crippen molar-refractivity contribution in [3.8, 4) is 11.4 Å². The molecule has 18 heavy (non-hydrogen) atoms. The number of aryl methyl sites for hydroxylation is 1. The lowest BCUT2D eigenvalue weighted by Crippen LogP contribution is -2.17. The van der Waals surface area contributed by atoms with E-state index >= 15 is 0 Å². The van der Waals surface area contributed by atoms with Gasteiger partial charge in [-0.2, -0.15) is 0 Å². The molecule has 2 aromatic rings. The van der Waals surface area contributed by atoms with Crippen LogP contribution in [0.15, 0.2) is 27.8 Å². The molecule has 0 bridgehead atoms. The fraction of sp³-hybridized carbons (Fsp3) is 0.200. The second-order valence-corrected chi connectivity index (χ2v) is 6.24. The van der Waals surface area contributed by atoms with Crippen molar-refractivity contribution in [2.45, 2.75) is 12.1 Å². The Hall–Kier alpha value is -1.25. The molecular weight excluding hydrogens is 320 g/mol. The first-order chi connectivity index (χ1) is 8.30. The van der Waals surface area contributed by atoms with E-state index in [1.165, 1.54) is 4.57 Å². The molecule has 0 atom stereocenters. The summed E-state index contributed by atoms with van der Waals surface area (Å²) < 4.78 is 24.9. The number of rotatable bonds is 2. The molecule has 6 nitrogen and oxygen atoms in total. The number of hydrogen-bond donors (Lipinski definition) is 1. The zero-order valence-electron chi connectivity index (χ0n) is 9.75. The second-order valence-electron chi connectivity index (χ2n) is 3.87. The molecule has 0 amide bonds. The van der Waals surface area contributed by atoms with E-state index in [4.69, 9.17) is 5.14 Å². The summed E-state index contributed by atoms with van der Waals surface area (Å²) in [6.07, 6.45) is 0. The average molecular weight is 331 g/mol. The molecule has 0 radical (unpaired) electrons. The quantitative estimate of drug-likeness (QED) is 0.895. The van der Waals surface area contributed by atoms with Gasteiger partial charge in [0.05, 0.1) is 0 Å². The Bertz CT molecular complexity index is 709. The van der Waals surface area contributed by atoms with Crippen molar-refractivity contribution in [2.75, 3.05) is 0 Å². The van der Waals surface area contributed by atoms with Crippen molar-refractivity contribution in [2.24, 2.45) is 12.2 Å². The maximum atomic E-state index is 11.3. The van der Waals surface area contributed by atoms with Crippen LogP contribution in [-0.4, -0.2) is 23.2 Å². The van der Waals surface area contributed by atoms with Crippen LogP contribution in [0.3, 0.4) is 0 Å². The van der Waals surface area contributed by atoms with Crippen LogP contribution in [0.25, 0.3) is 11.4 Å². The van der Waals surface area contributed by atoms with E-state index in [-0.39, 0.29) is 5.16 Å². The minimum atomic E-state index is -3.86. The highest BCUT2D eigenvalue weighted by molar-refractivity contribution is 9.10. The molecule has 0 spiro atoms. The molecule has 0 saturated heterocycles. The molecule has 96 valence electrons. The van der Waals surface area contributed by atoms with Crippen LogP contribution in [-0.2, 0) is 17.1 Å². The lowest BCUT2D eigenvalue weighted by Gasteiger charge is -2.06. The zero-order chi connectivity index (χ0) is 13.5. The van der Waals surface area contributed by atoms with E-state index in [9.17, 15) is 8.42 Å². The van der Waals surface area contributed by atoms with Gasteiger partial charge in [0.2, 0.25) is 0 Å². The van der Waals surface area contributed by atoms with Gasteiger partial charge in [-0.25, -0.2) is 13.6 Å². The summed E-state index contributed by atoms with van der Waals surface area (Å²) in [7, 11) is -2.30. The van der Waals surface area contributed by atoms with Crippen molar-refractivity contribution in [1.29, 1.82) is 0 Å². The molecule has 2 rings (SSSR count). The number of hydrogen-bond acceptors (Lipinski definition) is 4. The van der Waals surface area contributed by atoms with Gasteiger partial charge in [-0.15, -0.1) is 10.2 Å². The Labute approximate surface area is 113 Å². The number of nitrogens with two attached hydrogens (primary N) is 1. The molecule has 0 saturated carbocycles. The van der Waals surface area contributed by atoms with Gasteiger partial charge in [0.15, 0.2) is 5.82 Å². The molecule has 0 unspecified atom stereocenters. The van der Waals surface area contributed by atoms with Crippen molar-refractivity contribution < 1.29 is 8.42 Å². The van der Waals surface area contributed by atoms with Gasteiger partial charge in [-0.05, 0) is 30.7 Å². The second kappa shape index (κ2) is 4.45. The predicted octanol–water partition coefficient (Wildman–Crippen LogP) is 1.20. The van der Waals surface area contributed by atoms with Gasteiger partial charge in [-0.3, -0.25) is 4.57 Å². The summed E-state index contributed by atoms with van der Waals surface area (Å²) in [6.45, 7) is 1.91. The third-order valence-corrected chi connectivity index (χ3v) is 3.88. The van der Waals surface area contributed by atoms with Gasteiger partial charge in [-0.1, -0.05) is 15.9 Å². The van der Waals surface area contributed by atoms with Crippen LogP contribution in [0, 0.1) is 6.92 Å². The summed E-state index contributed by atoms with van der Waals surface area (Å²) in [4.78, 5) is 0. The SMILES string of the molecule is Cc1cc(Br)ccc1-c1nnc(S(N)(=O)=O)n1C. The molecule has 1 heterocycles. The van der Waals surface area contributed by atoms with Gasteiger partial charge < -0.3 is 0 Å². The van der Waals surface area contributed by atoms with Crippen LogP contribution >= 0.6 is 15.9 Å². The third kappa shape index (κ3) is 2.31. The maximum absolute atomic E-state index is 11.3. The zero-order valence-corrected chi connectivity index (χ0v) is 12.2. The molecule has 0 aliphatic carbocycles. The number of primary sulfonamides is 1. The predicted molar refractivity (Wildman–Crippen MR) is 70.2 cm³/mol. The first kappa shape index (κ1) is 13.2. The summed E-state index contributed by atoms with van der Waals surface area (Å²) in [5.41, 5.74) is 1.77. The number of halogens is 1. The Morgan fingerprint density at radius 2 is 2.00 bits per heavy atom. The number of aromatic nitrogens is 3. The van der Waals surface area contributed by atoms with Crippen LogP contribution in [0.2, 0.25) is 0 Å². The van der Waals surface area contributed by atoms with Crippen molar-refractivity contribution in [3.05, 3.63) is 28.2 Å². The first-order valence-electron chi connectivity index (χ1n) is 4.99. The van der Waals surface area contributed by atoms with Crippen molar-refractivity contribution in [3.63, 3.8) is 0 Å². The van der Waals surface area contributed by atoms with Crippen LogP contribution in [0.5, 0.6) is 0 Å². The largest absolute Gasteiger partial charge is 0.300 e. The van der Waals surface area contributed by atoms with E-state index in [1.54, 1.807) is 7.05 Å². The highest BCUT2D eigenvalue weighted by Gasteiger charge is 2.20. The smallest absolute Gasteiger partial charge is 0.273 e. The highest BCUT2D eigenvalue weighted by atomic mass is 79.9. The summed E-state index contributed by atoms with van der Waals surface area (Å²) in [5.74, 6) is 0.462. The average Bonchev–Trinajstić information content (AvgIpc) is 2.60. The summed E-state index contributed by atoms with van der Waals surface area (Å²) >= 11 is 3.37. The molecule has 8 heteroatoms. The lowest BCUT2D eigenvalue weighted by molar-refractivity contribution is 0.580. The number of nitrogens with zero attached hydrogens (tertiary/aromatic N) is 3. The molecule has 2 N–H and O–H groups in total. The monoisotopic (exact) mass is 330 g/mol. The standard InChI is InChI=1S/C10H11BrN4O2S/c1-6-5-7(11)3-4-8(6)9-13-14-10(15(9)2)18(12,16)17/h3-5H,1-2H3,(H2,12,16,17). The summed E-state index contributed by atoms with van der Waals surface area (Å²) in [6, 6.07) is 5.62. The van der Waals surface area contributed by atoms with Gasteiger partial charge in [0, 0.05) is 17.1 Å². The fourth-order valence-electron chi connectivity index (χ4n) is 1.68. The Morgan fingerprint density at radius 3 is 2.50 bits per heavy atom. The normalized spacial score (nSPS) is 11.8. The van der Waals surface area contributed by atoms with Crippen molar-refractivity contribution >= 4 is 26.0 Å². The molecule has 1 aromatic heterocycles.